The van der Waals surface area contributed by atoms with E-state index >= 15 is 0 Å². The number of hydrogen-bond donors (Lipinski definition) is 1. The van der Waals surface area contributed by atoms with E-state index in [-0.39, 0.29) is 39.9 Å². The maximum absolute atomic E-state index is 13.1. The molecule has 0 unspecified atom stereocenters. The Bertz CT molecular complexity index is 1060. The third-order valence-corrected chi connectivity index (χ3v) is 6.09. The average molecular weight is 457 g/mol. The number of ether oxygens (including phenoxy) is 2. The number of sulfonamides is 1. The number of nitrogens with zero attached hydrogens (tertiary/aromatic N) is 1. The van der Waals surface area contributed by atoms with Crippen molar-refractivity contribution in [1.29, 1.82) is 0 Å². The van der Waals surface area contributed by atoms with Crippen molar-refractivity contribution < 1.29 is 27.6 Å². The van der Waals surface area contributed by atoms with Gasteiger partial charge in [-0.2, -0.15) is 0 Å². The van der Waals surface area contributed by atoms with Crippen molar-refractivity contribution in [2.75, 3.05) is 13.7 Å². The van der Waals surface area contributed by atoms with Gasteiger partial charge < -0.3 is 9.47 Å². The van der Waals surface area contributed by atoms with E-state index in [1.807, 2.05) is 0 Å². The number of esters is 1. The Balaban J connectivity index is 2.49. The number of aryl methyl sites for hydroxylation is 1. The van der Waals surface area contributed by atoms with Gasteiger partial charge in [-0.1, -0.05) is 23.7 Å². The molecule has 162 valence electrons. The molecule has 30 heavy (non-hydrogen) atoms. The zero-order valence-corrected chi connectivity index (χ0v) is 18.1. The Morgan fingerprint density at radius 3 is 2.60 bits per heavy atom. The highest BCUT2D eigenvalue weighted by Crippen LogP contribution is 2.32. The maximum Gasteiger partial charge on any atom is 0.307 e. The molecule has 9 nitrogen and oxygen atoms in total. The molecule has 0 aliphatic rings. The van der Waals surface area contributed by atoms with Gasteiger partial charge in [-0.05, 0) is 37.1 Å². The fraction of sp³-hybridized carbons (Fsp3) is 0.316. The van der Waals surface area contributed by atoms with Gasteiger partial charge in [0.15, 0.2) is 0 Å². The minimum atomic E-state index is -4.22. The molecule has 2 rings (SSSR count). The van der Waals surface area contributed by atoms with Crippen LogP contribution in [0.3, 0.4) is 0 Å². The van der Waals surface area contributed by atoms with Gasteiger partial charge in [-0.25, -0.2) is 13.1 Å². The molecular formula is C19H21ClN2O7S. The van der Waals surface area contributed by atoms with E-state index in [9.17, 15) is 23.3 Å². The summed E-state index contributed by atoms with van der Waals surface area (Å²) in [4.78, 5) is 22.3. The van der Waals surface area contributed by atoms with Crippen molar-refractivity contribution in [3.05, 3.63) is 62.7 Å². The minimum absolute atomic E-state index is 0.0679. The van der Waals surface area contributed by atoms with E-state index in [1.165, 1.54) is 43.5 Å². The summed E-state index contributed by atoms with van der Waals surface area (Å²) in [5.41, 5.74) is 0.615. The van der Waals surface area contributed by atoms with Crippen molar-refractivity contribution in [2.24, 2.45) is 0 Å². The summed E-state index contributed by atoms with van der Waals surface area (Å²) >= 11 is 6.09. The number of nitro groups is 1. The van der Waals surface area contributed by atoms with Crippen LogP contribution < -0.4 is 9.46 Å². The zero-order valence-electron chi connectivity index (χ0n) is 16.5. The molecule has 1 N–H and O–H groups in total. The van der Waals surface area contributed by atoms with E-state index in [1.54, 1.807) is 13.8 Å². The summed E-state index contributed by atoms with van der Waals surface area (Å²) in [7, 11) is -2.90. The Morgan fingerprint density at radius 2 is 2.00 bits per heavy atom. The molecule has 2 aromatic carbocycles. The van der Waals surface area contributed by atoms with Crippen LogP contribution >= 0.6 is 11.6 Å². The lowest BCUT2D eigenvalue weighted by atomic mass is 10.0. The van der Waals surface area contributed by atoms with Gasteiger partial charge in [0.2, 0.25) is 10.0 Å². The normalized spacial score (nSPS) is 12.3. The number of halogens is 1. The van der Waals surface area contributed by atoms with Crippen LogP contribution in [0.15, 0.2) is 41.3 Å². The highest BCUT2D eigenvalue weighted by Gasteiger charge is 2.28. The van der Waals surface area contributed by atoms with Crippen LogP contribution in [0.2, 0.25) is 5.02 Å². The Morgan fingerprint density at radius 1 is 1.30 bits per heavy atom. The molecule has 0 aromatic heterocycles. The lowest BCUT2D eigenvalue weighted by molar-refractivity contribution is -0.384. The highest BCUT2D eigenvalue weighted by atomic mass is 35.5. The SMILES string of the molecule is CCOC(=O)C[C@H](NS(=O)(=O)c1cc(Cl)c(C)cc1OC)c1cccc([N+](=O)[O-])c1. The monoisotopic (exact) mass is 456 g/mol. The molecule has 0 radical (unpaired) electrons. The van der Waals surface area contributed by atoms with Crippen LogP contribution in [0, 0.1) is 17.0 Å². The first kappa shape index (κ1) is 23.6. The number of carbonyl (C=O) groups excluding carboxylic acids is 1. The molecule has 11 heteroatoms. The molecule has 0 spiro atoms. The number of nitro benzene ring substituents is 1. The van der Waals surface area contributed by atoms with Crippen molar-refractivity contribution in [3.63, 3.8) is 0 Å². The maximum atomic E-state index is 13.1. The summed E-state index contributed by atoms with van der Waals surface area (Å²) in [6.45, 7) is 3.42. The molecule has 0 bridgehead atoms. The first-order valence-electron chi connectivity index (χ1n) is 8.85. The van der Waals surface area contributed by atoms with Crippen molar-refractivity contribution in [3.8, 4) is 5.75 Å². The van der Waals surface area contributed by atoms with E-state index in [2.05, 4.69) is 4.72 Å². The minimum Gasteiger partial charge on any atom is -0.495 e. The van der Waals surface area contributed by atoms with Crippen LogP contribution in [0.5, 0.6) is 5.75 Å². The van der Waals surface area contributed by atoms with E-state index in [4.69, 9.17) is 21.1 Å². The van der Waals surface area contributed by atoms with Gasteiger partial charge in [-0.3, -0.25) is 14.9 Å². The van der Waals surface area contributed by atoms with Gasteiger partial charge >= 0.3 is 5.97 Å². The summed E-state index contributed by atoms with van der Waals surface area (Å²) in [6, 6.07) is 6.96. The second kappa shape index (κ2) is 9.88. The van der Waals surface area contributed by atoms with Gasteiger partial charge in [0.25, 0.3) is 5.69 Å². The smallest absolute Gasteiger partial charge is 0.307 e. The number of hydrogen-bond acceptors (Lipinski definition) is 7. The largest absolute Gasteiger partial charge is 0.495 e. The molecule has 0 saturated heterocycles. The van der Waals surface area contributed by atoms with E-state index < -0.39 is 27.0 Å². The molecule has 0 aliphatic carbocycles. The quantitative estimate of drug-likeness (QED) is 0.347. The fourth-order valence-corrected chi connectivity index (χ4v) is 4.36. The van der Waals surface area contributed by atoms with Gasteiger partial charge in [0.05, 0.1) is 31.1 Å². The Kier molecular flexibility index (Phi) is 7.77. The van der Waals surface area contributed by atoms with Crippen molar-refractivity contribution >= 4 is 33.3 Å². The molecular weight excluding hydrogens is 436 g/mol. The second-order valence-corrected chi connectivity index (χ2v) is 8.38. The number of carbonyl (C=O) groups is 1. The average Bonchev–Trinajstić information content (AvgIpc) is 2.69. The van der Waals surface area contributed by atoms with Crippen molar-refractivity contribution in [2.45, 2.75) is 31.2 Å². The first-order chi connectivity index (χ1) is 14.1. The molecule has 0 heterocycles. The number of rotatable bonds is 9. The first-order valence-corrected chi connectivity index (χ1v) is 10.7. The van der Waals surface area contributed by atoms with Crippen LogP contribution in [-0.4, -0.2) is 33.0 Å². The van der Waals surface area contributed by atoms with Gasteiger partial charge in [0.1, 0.15) is 10.6 Å². The van der Waals surface area contributed by atoms with E-state index in [0.717, 1.165) is 0 Å². The molecule has 1 atom stereocenters. The predicted octanol–water partition coefficient (Wildman–Crippen LogP) is 3.54. The molecule has 0 amide bonds. The molecule has 0 saturated carbocycles. The standard InChI is InChI=1S/C19H21ClN2O7S/c1-4-29-19(23)11-16(13-6-5-7-14(9-13)22(24)25)21-30(26,27)18-10-15(20)12(2)8-17(18)28-3/h5-10,16,21H,4,11H2,1-3H3/t16-/m0/s1. The molecule has 0 aliphatic heterocycles. The third-order valence-electron chi connectivity index (χ3n) is 4.19. The summed E-state index contributed by atoms with van der Waals surface area (Å²) in [6.07, 6.45) is -0.365. The summed E-state index contributed by atoms with van der Waals surface area (Å²) < 4.78 is 38.7. The summed E-state index contributed by atoms with van der Waals surface area (Å²) in [5, 5.41) is 11.3. The van der Waals surface area contributed by atoms with Crippen LogP contribution in [0.1, 0.15) is 30.5 Å². The lowest BCUT2D eigenvalue weighted by Crippen LogP contribution is -2.31. The zero-order chi connectivity index (χ0) is 22.5. The Hall–Kier alpha value is -2.69. The summed E-state index contributed by atoms with van der Waals surface area (Å²) in [5.74, 6) is -0.594. The highest BCUT2D eigenvalue weighted by molar-refractivity contribution is 7.89. The van der Waals surface area contributed by atoms with Crippen LogP contribution in [0.25, 0.3) is 0 Å². The van der Waals surface area contributed by atoms with Crippen molar-refractivity contribution in [1.82, 2.24) is 4.72 Å². The number of nitrogens with one attached hydrogen (secondary N) is 1. The van der Waals surface area contributed by atoms with Crippen LogP contribution in [-0.2, 0) is 19.6 Å². The Labute approximate surface area is 179 Å². The number of methoxy groups -OCH3 is 1. The third kappa shape index (κ3) is 5.68. The number of non-ortho nitro benzene ring substituents is 1. The van der Waals surface area contributed by atoms with E-state index in [0.29, 0.717) is 5.56 Å². The number of benzene rings is 2. The second-order valence-electron chi connectivity index (χ2n) is 6.29. The van der Waals surface area contributed by atoms with Gasteiger partial charge in [-0.15, -0.1) is 0 Å². The van der Waals surface area contributed by atoms with Gasteiger partial charge in [0, 0.05) is 17.2 Å². The molecule has 2 aromatic rings. The lowest BCUT2D eigenvalue weighted by Gasteiger charge is -2.20. The predicted molar refractivity (Wildman–Crippen MR) is 110 cm³/mol. The topological polar surface area (TPSA) is 125 Å². The van der Waals surface area contributed by atoms with Crippen LogP contribution in [0.4, 0.5) is 5.69 Å². The fourth-order valence-electron chi connectivity index (χ4n) is 2.73. The molecule has 0 fully saturated rings.